The zero-order chi connectivity index (χ0) is 22.3. The summed E-state index contributed by atoms with van der Waals surface area (Å²) in [6, 6.07) is 24.0. The summed E-state index contributed by atoms with van der Waals surface area (Å²) < 4.78 is 5.82. The van der Waals surface area contributed by atoms with Crippen molar-refractivity contribution in [3.05, 3.63) is 88.9 Å². The fourth-order valence-electron chi connectivity index (χ4n) is 3.80. The van der Waals surface area contributed by atoms with Gasteiger partial charge in [0.25, 0.3) is 5.91 Å². The number of ether oxygens (including phenoxy) is 1. The van der Waals surface area contributed by atoms with Crippen LogP contribution in [-0.4, -0.2) is 43.6 Å². The van der Waals surface area contributed by atoms with Crippen LogP contribution in [0.4, 0.5) is 5.69 Å². The zero-order valence-electron chi connectivity index (χ0n) is 18.2. The molecule has 1 aliphatic rings. The Hall–Kier alpha value is -2.63. The molecule has 32 heavy (non-hydrogen) atoms. The van der Waals surface area contributed by atoms with Crippen molar-refractivity contribution in [3.8, 4) is 5.75 Å². The number of amides is 1. The summed E-state index contributed by atoms with van der Waals surface area (Å²) >= 11 is 7.70. The van der Waals surface area contributed by atoms with E-state index in [1.54, 1.807) is 11.8 Å². The van der Waals surface area contributed by atoms with Gasteiger partial charge in [0.1, 0.15) is 5.75 Å². The van der Waals surface area contributed by atoms with Gasteiger partial charge in [0.2, 0.25) is 0 Å². The fraction of sp³-hybridized carbons (Fsp3) is 0.269. The number of anilines is 1. The van der Waals surface area contributed by atoms with Crippen LogP contribution >= 0.6 is 23.4 Å². The molecule has 3 aromatic carbocycles. The van der Waals surface area contributed by atoms with Gasteiger partial charge in [0.05, 0.1) is 6.61 Å². The molecule has 0 spiro atoms. The van der Waals surface area contributed by atoms with Gasteiger partial charge in [-0.05, 0) is 61.5 Å². The fourth-order valence-corrected chi connectivity index (χ4v) is 4.80. The highest BCUT2D eigenvalue weighted by Crippen LogP contribution is 2.30. The third kappa shape index (κ3) is 5.59. The minimum atomic E-state index is 0.0819. The Kier molecular flexibility index (Phi) is 7.61. The summed E-state index contributed by atoms with van der Waals surface area (Å²) in [4.78, 5) is 18.6. The number of hydrogen-bond acceptors (Lipinski definition) is 4. The summed E-state index contributed by atoms with van der Waals surface area (Å²) in [7, 11) is 0. The minimum Gasteiger partial charge on any atom is -0.494 e. The summed E-state index contributed by atoms with van der Waals surface area (Å²) in [5, 5.41) is 0.726. The molecule has 0 N–H and O–H groups in total. The van der Waals surface area contributed by atoms with Crippen molar-refractivity contribution < 1.29 is 9.53 Å². The summed E-state index contributed by atoms with van der Waals surface area (Å²) in [6.45, 7) is 5.68. The Balaban J connectivity index is 1.44. The van der Waals surface area contributed by atoms with Crippen LogP contribution < -0.4 is 9.64 Å². The molecule has 6 heteroatoms. The van der Waals surface area contributed by atoms with Gasteiger partial charge in [-0.2, -0.15) is 0 Å². The van der Waals surface area contributed by atoms with Crippen molar-refractivity contribution in [3.63, 3.8) is 0 Å². The molecule has 0 saturated carbocycles. The molecule has 0 unspecified atom stereocenters. The predicted molar refractivity (Wildman–Crippen MR) is 133 cm³/mol. The van der Waals surface area contributed by atoms with Gasteiger partial charge in [0.15, 0.2) is 0 Å². The van der Waals surface area contributed by atoms with E-state index in [2.05, 4.69) is 29.2 Å². The summed E-state index contributed by atoms with van der Waals surface area (Å²) in [5.74, 6) is 1.64. The van der Waals surface area contributed by atoms with Crippen molar-refractivity contribution in [2.75, 3.05) is 37.7 Å². The van der Waals surface area contributed by atoms with E-state index in [-0.39, 0.29) is 5.91 Å². The summed E-state index contributed by atoms with van der Waals surface area (Å²) in [6.07, 6.45) is 0. The maximum atomic E-state index is 13.2. The second kappa shape index (κ2) is 10.8. The number of halogens is 1. The Bertz CT molecular complexity index is 1040. The average Bonchev–Trinajstić information content (AvgIpc) is 2.85. The number of carbonyl (C=O) groups excluding carboxylic acids is 1. The van der Waals surface area contributed by atoms with Crippen LogP contribution in [0, 0.1) is 0 Å². The quantitative estimate of drug-likeness (QED) is 0.400. The number of thioether (sulfide) groups is 1. The van der Waals surface area contributed by atoms with E-state index >= 15 is 0 Å². The highest BCUT2D eigenvalue weighted by atomic mass is 35.5. The normalized spacial score (nSPS) is 13.8. The van der Waals surface area contributed by atoms with Crippen LogP contribution in [0.3, 0.4) is 0 Å². The molecule has 0 aromatic heterocycles. The van der Waals surface area contributed by atoms with E-state index < -0.39 is 0 Å². The molecule has 166 valence electrons. The van der Waals surface area contributed by atoms with E-state index in [4.69, 9.17) is 16.3 Å². The van der Waals surface area contributed by atoms with Crippen molar-refractivity contribution >= 4 is 35.0 Å². The highest BCUT2D eigenvalue weighted by Gasteiger charge is 2.23. The van der Waals surface area contributed by atoms with E-state index in [0.29, 0.717) is 12.2 Å². The first-order chi connectivity index (χ1) is 15.6. The second-order valence-electron chi connectivity index (χ2n) is 7.61. The molecule has 1 aliphatic heterocycles. The first kappa shape index (κ1) is 22.6. The first-order valence-electron chi connectivity index (χ1n) is 10.9. The molecule has 1 saturated heterocycles. The van der Waals surface area contributed by atoms with Gasteiger partial charge >= 0.3 is 0 Å². The molecule has 1 amide bonds. The number of nitrogens with zero attached hydrogens (tertiary/aromatic N) is 2. The lowest BCUT2D eigenvalue weighted by Crippen LogP contribution is -2.48. The van der Waals surface area contributed by atoms with Gasteiger partial charge in [-0.15, -0.1) is 11.8 Å². The molecule has 3 aromatic rings. The second-order valence-corrected chi connectivity index (χ2v) is 9.10. The van der Waals surface area contributed by atoms with Gasteiger partial charge in [-0.1, -0.05) is 29.8 Å². The zero-order valence-corrected chi connectivity index (χ0v) is 19.7. The Morgan fingerprint density at radius 1 is 0.969 bits per heavy atom. The Labute approximate surface area is 199 Å². The first-order valence-corrected chi connectivity index (χ1v) is 12.2. The lowest BCUT2D eigenvalue weighted by atomic mass is 10.1. The lowest BCUT2D eigenvalue weighted by Gasteiger charge is -2.36. The molecule has 1 fully saturated rings. The van der Waals surface area contributed by atoms with E-state index in [9.17, 15) is 4.79 Å². The van der Waals surface area contributed by atoms with Gasteiger partial charge in [-0.25, -0.2) is 0 Å². The van der Waals surface area contributed by atoms with Crippen LogP contribution in [0.15, 0.2) is 77.7 Å². The van der Waals surface area contributed by atoms with E-state index in [1.807, 2.05) is 60.4 Å². The van der Waals surface area contributed by atoms with Crippen LogP contribution in [0.25, 0.3) is 0 Å². The lowest BCUT2D eigenvalue weighted by molar-refractivity contribution is 0.0746. The molecule has 0 atom stereocenters. The largest absolute Gasteiger partial charge is 0.494 e. The van der Waals surface area contributed by atoms with E-state index in [0.717, 1.165) is 53.2 Å². The smallest absolute Gasteiger partial charge is 0.253 e. The molecule has 4 rings (SSSR count). The number of para-hydroxylation sites is 1. The van der Waals surface area contributed by atoms with Gasteiger partial charge < -0.3 is 14.5 Å². The van der Waals surface area contributed by atoms with Crippen molar-refractivity contribution in [1.29, 1.82) is 0 Å². The monoisotopic (exact) mass is 466 g/mol. The number of benzene rings is 3. The molecule has 0 radical (unpaired) electrons. The van der Waals surface area contributed by atoms with E-state index in [1.165, 1.54) is 5.69 Å². The van der Waals surface area contributed by atoms with Crippen molar-refractivity contribution in [1.82, 2.24) is 4.90 Å². The maximum absolute atomic E-state index is 13.2. The molecule has 1 heterocycles. The third-order valence-corrected chi connectivity index (χ3v) is 6.82. The van der Waals surface area contributed by atoms with Crippen LogP contribution in [-0.2, 0) is 5.75 Å². The van der Waals surface area contributed by atoms with Crippen LogP contribution in [0.5, 0.6) is 5.75 Å². The number of hydrogen-bond donors (Lipinski definition) is 0. The van der Waals surface area contributed by atoms with Crippen LogP contribution in [0.2, 0.25) is 5.02 Å². The van der Waals surface area contributed by atoms with Gasteiger partial charge in [0, 0.05) is 58.7 Å². The molecule has 4 nitrogen and oxygen atoms in total. The SMILES string of the molecule is CCOc1ccc(C(=O)N2CCN(c3ccccc3)CC2)cc1CSc1ccc(Cl)cc1. The highest BCUT2D eigenvalue weighted by molar-refractivity contribution is 7.98. The minimum absolute atomic E-state index is 0.0819. The topological polar surface area (TPSA) is 32.8 Å². The molecular weight excluding hydrogens is 440 g/mol. The average molecular weight is 467 g/mol. The summed E-state index contributed by atoms with van der Waals surface area (Å²) in [5.41, 5.74) is 2.95. The third-order valence-electron chi connectivity index (χ3n) is 5.50. The van der Waals surface area contributed by atoms with Gasteiger partial charge in [-0.3, -0.25) is 4.79 Å². The maximum Gasteiger partial charge on any atom is 0.253 e. The van der Waals surface area contributed by atoms with Crippen molar-refractivity contribution in [2.45, 2.75) is 17.6 Å². The Morgan fingerprint density at radius 2 is 1.69 bits per heavy atom. The predicted octanol–water partition coefficient (Wildman–Crippen LogP) is 5.99. The molecular formula is C26H27ClN2O2S. The number of rotatable bonds is 7. The number of piperazine rings is 1. The Morgan fingerprint density at radius 3 is 2.38 bits per heavy atom. The molecule has 0 aliphatic carbocycles. The van der Waals surface area contributed by atoms with Crippen LogP contribution in [0.1, 0.15) is 22.8 Å². The number of carbonyl (C=O) groups is 1. The standard InChI is InChI=1S/C26H27ClN2O2S/c1-2-31-25-13-8-20(18-21(25)19-32-24-11-9-22(27)10-12-24)26(30)29-16-14-28(15-17-29)23-6-4-3-5-7-23/h3-13,18H,2,14-17,19H2,1H3. The molecule has 0 bridgehead atoms. The van der Waals surface area contributed by atoms with Crippen molar-refractivity contribution in [2.24, 2.45) is 0 Å².